The lowest BCUT2D eigenvalue weighted by atomic mass is 10.1. The van der Waals surface area contributed by atoms with Gasteiger partial charge in [0, 0.05) is 23.5 Å². The van der Waals surface area contributed by atoms with Crippen LogP contribution in [0.1, 0.15) is 31.9 Å². The van der Waals surface area contributed by atoms with E-state index in [2.05, 4.69) is 11.4 Å². The van der Waals surface area contributed by atoms with Gasteiger partial charge < -0.3 is 10.1 Å². The summed E-state index contributed by atoms with van der Waals surface area (Å²) in [5.41, 5.74) is 2.07. The van der Waals surface area contributed by atoms with Crippen LogP contribution >= 0.6 is 11.3 Å². The van der Waals surface area contributed by atoms with Gasteiger partial charge in [0.1, 0.15) is 11.1 Å². The topological polar surface area (TPSA) is 99.5 Å². The number of anilines is 1. The third-order valence-electron chi connectivity index (χ3n) is 4.76. The number of nitrogens with zero attached hydrogens (tertiary/aromatic N) is 2. The predicted octanol–water partition coefficient (Wildman–Crippen LogP) is 2.82. The number of sulfonamides is 1. The van der Waals surface area contributed by atoms with Gasteiger partial charge in [0.25, 0.3) is 5.91 Å². The van der Waals surface area contributed by atoms with E-state index in [4.69, 9.17) is 4.74 Å². The van der Waals surface area contributed by atoms with Gasteiger partial charge in [0.05, 0.1) is 23.7 Å². The quantitative estimate of drug-likeness (QED) is 0.821. The Bertz CT molecular complexity index is 1060. The number of morpholine rings is 1. The smallest absolute Gasteiger partial charge is 0.256 e. The first-order valence-electron chi connectivity index (χ1n) is 8.75. The molecule has 2 heterocycles. The molecule has 2 aromatic rings. The van der Waals surface area contributed by atoms with Gasteiger partial charge in [-0.15, -0.1) is 11.3 Å². The van der Waals surface area contributed by atoms with Crippen LogP contribution in [0.2, 0.25) is 0 Å². The van der Waals surface area contributed by atoms with Crippen molar-refractivity contribution in [2.75, 3.05) is 31.6 Å². The number of carbonyl (C=O) groups excluding carboxylic acids is 1. The van der Waals surface area contributed by atoms with Crippen molar-refractivity contribution < 1.29 is 17.9 Å². The Hall–Kier alpha value is -2.25. The van der Waals surface area contributed by atoms with E-state index in [0.717, 1.165) is 10.4 Å². The summed E-state index contributed by atoms with van der Waals surface area (Å²) in [6.45, 7) is 6.71. The van der Waals surface area contributed by atoms with E-state index < -0.39 is 15.9 Å². The lowest BCUT2D eigenvalue weighted by molar-refractivity contribution is 0.0730. The van der Waals surface area contributed by atoms with Crippen molar-refractivity contribution in [1.29, 1.82) is 5.26 Å². The molecule has 1 aliphatic rings. The third kappa shape index (κ3) is 3.82. The minimum Gasteiger partial charge on any atom is -0.379 e. The largest absolute Gasteiger partial charge is 0.379 e. The van der Waals surface area contributed by atoms with Gasteiger partial charge in [-0.05, 0) is 44.0 Å². The number of hydrogen-bond donors (Lipinski definition) is 1. The van der Waals surface area contributed by atoms with Crippen LogP contribution in [-0.4, -0.2) is 44.9 Å². The minimum atomic E-state index is -3.71. The standard InChI is InChI=1S/C19H21N3O4S2/c1-12-4-5-15(10-17(12)28(24,25)22-6-8-26-9-7-22)18(23)21-19-16(11-20)13(2)14(3)27-19/h4-5,10H,6-9H2,1-3H3,(H,21,23). The molecule has 0 atom stereocenters. The molecule has 1 fully saturated rings. The fraction of sp³-hybridized carbons (Fsp3) is 0.368. The molecule has 1 aromatic carbocycles. The predicted molar refractivity (Wildman–Crippen MR) is 107 cm³/mol. The number of aryl methyl sites for hydroxylation is 2. The van der Waals surface area contributed by atoms with Gasteiger partial charge in [0.15, 0.2) is 0 Å². The first-order chi connectivity index (χ1) is 13.3. The van der Waals surface area contributed by atoms with Crippen molar-refractivity contribution in [3.8, 4) is 6.07 Å². The highest BCUT2D eigenvalue weighted by atomic mass is 32.2. The van der Waals surface area contributed by atoms with Gasteiger partial charge in [0.2, 0.25) is 10.0 Å². The Balaban J connectivity index is 1.92. The molecule has 9 heteroatoms. The molecule has 0 aliphatic carbocycles. The van der Waals surface area contributed by atoms with Crippen LogP contribution in [0, 0.1) is 32.1 Å². The molecule has 0 radical (unpaired) electrons. The number of nitriles is 1. The zero-order valence-corrected chi connectivity index (χ0v) is 17.5. The second-order valence-electron chi connectivity index (χ2n) is 6.55. The maximum atomic E-state index is 13.0. The Labute approximate surface area is 168 Å². The van der Waals surface area contributed by atoms with Crippen LogP contribution < -0.4 is 5.32 Å². The highest BCUT2D eigenvalue weighted by Gasteiger charge is 2.28. The molecule has 0 unspecified atom stereocenters. The summed E-state index contributed by atoms with van der Waals surface area (Å²) < 4.78 is 32.6. The zero-order valence-electron chi connectivity index (χ0n) is 15.9. The molecule has 28 heavy (non-hydrogen) atoms. The van der Waals surface area contributed by atoms with Crippen LogP contribution in [-0.2, 0) is 14.8 Å². The summed E-state index contributed by atoms with van der Waals surface area (Å²) >= 11 is 1.33. The van der Waals surface area contributed by atoms with Gasteiger partial charge >= 0.3 is 0 Å². The van der Waals surface area contributed by atoms with Crippen molar-refractivity contribution in [3.05, 3.63) is 45.3 Å². The highest BCUT2D eigenvalue weighted by Crippen LogP contribution is 2.32. The molecule has 1 saturated heterocycles. The van der Waals surface area contributed by atoms with Gasteiger partial charge in [-0.25, -0.2) is 8.42 Å². The molecular formula is C19H21N3O4S2. The average molecular weight is 420 g/mol. The second-order valence-corrected chi connectivity index (χ2v) is 9.68. The molecule has 7 nitrogen and oxygen atoms in total. The van der Waals surface area contributed by atoms with E-state index in [9.17, 15) is 18.5 Å². The Kier molecular flexibility index (Phi) is 5.86. The lowest BCUT2D eigenvalue weighted by Gasteiger charge is -2.26. The maximum absolute atomic E-state index is 13.0. The molecule has 0 bridgehead atoms. The summed E-state index contributed by atoms with van der Waals surface area (Å²) in [6, 6.07) is 6.72. The van der Waals surface area contributed by atoms with E-state index >= 15 is 0 Å². The van der Waals surface area contributed by atoms with Crippen LogP contribution in [0.5, 0.6) is 0 Å². The van der Waals surface area contributed by atoms with E-state index in [0.29, 0.717) is 29.3 Å². The molecule has 1 aliphatic heterocycles. The lowest BCUT2D eigenvalue weighted by Crippen LogP contribution is -2.40. The number of thiophene rings is 1. The van der Waals surface area contributed by atoms with Crippen LogP contribution in [0.25, 0.3) is 0 Å². The fourth-order valence-corrected chi connectivity index (χ4v) is 5.63. The number of rotatable bonds is 4. The molecule has 148 valence electrons. The summed E-state index contributed by atoms with van der Waals surface area (Å²) in [5.74, 6) is -0.448. The summed E-state index contributed by atoms with van der Waals surface area (Å²) in [7, 11) is -3.71. The molecule has 1 amide bonds. The Morgan fingerprint density at radius 1 is 1.25 bits per heavy atom. The van der Waals surface area contributed by atoms with E-state index in [1.165, 1.54) is 21.7 Å². The normalized spacial score (nSPS) is 15.2. The fourth-order valence-electron chi connectivity index (χ4n) is 2.97. The van der Waals surface area contributed by atoms with E-state index in [1.54, 1.807) is 19.1 Å². The number of hydrogen-bond acceptors (Lipinski definition) is 6. The SMILES string of the molecule is Cc1ccc(C(=O)Nc2sc(C)c(C)c2C#N)cc1S(=O)(=O)N1CCOCC1. The number of benzene rings is 1. The van der Waals surface area contributed by atoms with Crippen molar-refractivity contribution in [2.45, 2.75) is 25.7 Å². The Morgan fingerprint density at radius 3 is 2.57 bits per heavy atom. The summed E-state index contributed by atoms with van der Waals surface area (Å²) in [6.07, 6.45) is 0. The average Bonchev–Trinajstić information content (AvgIpc) is 2.95. The molecule has 1 N–H and O–H groups in total. The number of amides is 1. The van der Waals surface area contributed by atoms with Crippen molar-refractivity contribution in [2.24, 2.45) is 0 Å². The second kappa shape index (κ2) is 8.01. The first kappa shape index (κ1) is 20.5. The monoisotopic (exact) mass is 419 g/mol. The van der Waals surface area contributed by atoms with E-state index in [1.807, 2.05) is 13.8 Å². The zero-order chi connectivity index (χ0) is 20.5. The third-order valence-corrected chi connectivity index (χ3v) is 7.93. The highest BCUT2D eigenvalue weighted by molar-refractivity contribution is 7.89. The van der Waals surface area contributed by atoms with Gasteiger partial charge in [-0.1, -0.05) is 6.07 Å². The molecular weight excluding hydrogens is 398 g/mol. The molecule has 3 rings (SSSR count). The Morgan fingerprint density at radius 2 is 1.93 bits per heavy atom. The van der Waals surface area contributed by atoms with Gasteiger partial charge in [-0.3, -0.25) is 4.79 Å². The number of ether oxygens (including phenoxy) is 1. The van der Waals surface area contributed by atoms with Crippen LogP contribution in [0.4, 0.5) is 5.00 Å². The first-order valence-corrected chi connectivity index (χ1v) is 11.0. The maximum Gasteiger partial charge on any atom is 0.256 e. The summed E-state index contributed by atoms with van der Waals surface area (Å²) in [4.78, 5) is 13.8. The van der Waals surface area contributed by atoms with Crippen molar-refractivity contribution >= 4 is 32.3 Å². The van der Waals surface area contributed by atoms with Crippen LogP contribution in [0.3, 0.4) is 0 Å². The summed E-state index contributed by atoms with van der Waals surface area (Å²) in [5, 5.41) is 12.6. The van der Waals surface area contributed by atoms with Crippen molar-refractivity contribution in [1.82, 2.24) is 4.31 Å². The number of carbonyl (C=O) groups is 1. The van der Waals surface area contributed by atoms with E-state index in [-0.39, 0.29) is 23.5 Å². The number of nitrogens with one attached hydrogen (secondary N) is 1. The molecule has 0 saturated carbocycles. The van der Waals surface area contributed by atoms with Gasteiger partial charge in [-0.2, -0.15) is 9.57 Å². The van der Waals surface area contributed by atoms with Crippen LogP contribution in [0.15, 0.2) is 23.1 Å². The minimum absolute atomic E-state index is 0.112. The molecule has 0 spiro atoms. The molecule has 1 aromatic heterocycles. The van der Waals surface area contributed by atoms with Crippen molar-refractivity contribution in [3.63, 3.8) is 0 Å².